The molecule has 0 atom stereocenters. The van der Waals surface area contributed by atoms with E-state index in [0.717, 1.165) is 5.56 Å². The maximum absolute atomic E-state index is 13.7. The first-order chi connectivity index (χ1) is 11.7. The Balaban J connectivity index is 1.68. The number of pyridine rings is 1. The molecule has 0 aliphatic rings. The number of hydrogen-bond acceptors (Lipinski definition) is 5. The Kier molecular flexibility index (Phi) is 4.71. The van der Waals surface area contributed by atoms with Crippen molar-refractivity contribution < 1.29 is 9.18 Å². The summed E-state index contributed by atoms with van der Waals surface area (Å²) in [5.41, 5.74) is 1.34. The minimum atomic E-state index is -0.404. The quantitative estimate of drug-likeness (QED) is 0.754. The molecular weight excluding hydrogens is 309 g/mol. The highest BCUT2D eigenvalue weighted by molar-refractivity contribution is 5.92. The van der Waals surface area contributed by atoms with Crippen LogP contribution in [-0.4, -0.2) is 20.9 Å². The van der Waals surface area contributed by atoms with Crippen LogP contribution in [0.4, 0.5) is 15.9 Å². The summed E-state index contributed by atoms with van der Waals surface area (Å²) in [5, 5.41) is 5.57. The molecule has 6 nitrogen and oxygen atoms in total. The third kappa shape index (κ3) is 3.89. The third-order valence-electron chi connectivity index (χ3n) is 3.21. The van der Waals surface area contributed by atoms with Gasteiger partial charge >= 0.3 is 0 Å². The van der Waals surface area contributed by atoms with Crippen LogP contribution in [0, 0.1) is 5.82 Å². The average Bonchev–Trinajstić information content (AvgIpc) is 2.63. The maximum Gasteiger partial charge on any atom is 0.270 e. The highest BCUT2D eigenvalue weighted by Crippen LogP contribution is 2.17. The van der Waals surface area contributed by atoms with Crippen molar-refractivity contribution >= 4 is 17.4 Å². The van der Waals surface area contributed by atoms with Crippen molar-refractivity contribution in [2.75, 3.05) is 5.32 Å². The molecule has 3 rings (SSSR count). The monoisotopic (exact) mass is 323 g/mol. The van der Waals surface area contributed by atoms with Crippen LogP contribution >= 0.6 is 0 Å². The molecule has 0 unspecified atom stereocenters. The standard InChI is InChI=1S/C17H14FN5O/c18-13-5-1-2-6-14(13)23-16-8-15(21-11-22-16)17(24)20-10-12-4-3-7-19-9-12/h1-9,11H,10H2,(H,20,24)(H,21,22,23). The summed E-state index contributed by atoms with van der Waals surface area (Å²) in [6.45, 7) is 0.340. The van der Waals surface area contributed by atoms with Crippen molar-refractivity contribution in [3.63, 3.8) is 0 Å². The molecule has 1 aromatic carbocycles. The lowest BCUT2D eigenvalue weighted by molar-refractivity contribution is 0.0945. The van der Waals surface area contributed by atoms with Crippen molar-refractivity contribution in [3.8, 4) is 0 Å². The largest absolute Gasteiger partial charge is 0.347 e. The van der Waals surface area contributed by atoms with Crippen LogP contribution in [0.2, 0.25) is 0 Å². The Morgan fingerprint density at radius 3 is 2.79 bits per heavy atom. The normalized spacial score (nSPS) is 10.2. The smallest absolute Gasteiger partial charge is 0.270 e. The summed E-state index contributed by atoms with van der Waals surface area (Å²) >= 11 is 0. The fraction of sp³-hybridized carbons (Fsp3) is 0.0588. The molecule has 0 spiro atoms. The fourth-order valence-corrected chi connectivity index (χ4v) is 2.03. The molecule has 0 aliphatic carbocycles. The number of carbonyl (C=O) groups is 1. The number of benzene rings is 1. The van der Waals surface area contributed by atoms with Gasteiger partial charge in [-0.1, -0.05) is 18.2 Å². The summed E-state index contributed by atoms with van der Waals surface area (Å²) in [6.07, 6.45) is 4.59. The molecular formula is C17H14FN5O. The SMILES string of the molecule is O=C(NCc1cccnc1)c1cc(Nc2ccccc2F)ncn1. The zero-order valence-electron chi connectivity index (χ0n) is 12.6. The topological polar surface area (TPSA) is 79.8 Å². The van der Waals surface area contributed by atoms with Gasteiger partial charge in [-0.3, -0.25) is 9.78 Å². The second-order valence-corrected chi connectivity index (χ2v) is 4.94. The van der Waals surface area contributed by atoms with Gasteiger partial charge in [0.1, 0.15) is 23.7 Å². The van der Waals surface area contributed by atoms with Crippen LogP contribution in [0.3, 0.4) is 0 Å². The molecule has 0 bridgehead atoms. The van der Waals surface area contributed by atoms with Crippen molar-refractivity contribution in [2.24, 2.45) is 0 Å². The number of nitrogens with one attached hydrogen (secondary N) is 2. The Labute approximate surface area is 137 Å². The minimum absolute atomic E-state index is 0.188. The van der Waals surface area contributed by atoms with Crippen molar-refractivity contribution in [2.45, 2.75) is 6.54 Å². The number of para-hydroxylation sites is 1. The molecule has 2 aromatic heterocycles. The summed E-state index contributed by atoms with van der Waals surface area (Å²) in [5.74, 6) is -0.418. The highest BCUT2D eigenvalue weighted by Gasteiger charge is 2.09. The van der Waals surface area contributed by atoms with Gasteiger partial charge in [-0.25, -0.2) is 14.4 Å². The first-order valence-electron chi connectivity index (χ1n) is 7.23. The van der Waals surface area contributed by atoms with E-state index in [9.17, 15) is 9.18 Å². The Morgan fingerprint density at radius 2 is 2.00 bits per heavy atom. The van der Waals surface area contributed by atoms with E-state index in [1.807, 2.05) is 6.07 Å². The number of amides is 1. The third-order valence-corrected chi connectivity index (χ3v) is 3.21. The molecule has 24 heavy (non-hydrogen) atoms. The van der Waals surface area contributed by atoms with Crippen molar-refractivity contribution in [1.82, 2.24) is 20.3 Å². The molecule has 0 saturated carbocycles. The van der Waals surface area contributed by atoms with E-state index >= 15 is 0 Å². The van der Waals surface area contributed by atoms with Gasteiger partial charge in [0.2, 0.25) is 0 Å². The van der Waals surface area contributed by atoms with Crippen molar-refractivity contribution in [3.05, 3.63) is 78.3 Å². The van der Waals surface area contributed by atoms with Crippen LogP contribution in [-0.2, 0) is 6.54 Å². The van der Waals surface area contributed by atoms with Gasteiger partial charge in [0.25, 0.3) is 5.91 Å². The Hall–Kier alpha value is -3.35. The fourth-order valence-electron chi connectivity index (χ4n) is 2.03. The highest BCUT2D eigenvalue weighted by atomic mass is 19.1. The van der Waals surface area contributed by atoms with Crippen LogP contribution in [0.15, 0.2) is 61.2 Å². The van der Waals surface area contributed by atoms with Gasteiger partial charge in [-0.2, -0.15) is 0 Å². The van der Waals surface area contributed by atoms with E-state index in [1.165, 1.54) is 18.5 Å². The zero-order valence-corrected chi connectivity index (χ0v) is 12.6. The van der Waals surface area contributed by atoms with E-state index in [2.05, 4.69) is 25.6 Å². The lowest BCUT2D eigenvalue weighted by Crippen LogP contribution is -2.24. The number of rotatable bonds is 5. The van der Waals surface area contributed by atoms with Crippen LogP contribution in [0.25, 0.3) is 0 Å². The van der Waals surface area contributed by atoms with Gasteiger partial charge in [0.15, 0.2) is 0 Å². The van der Waals surface area contributed by atoms with E-state index in [1.54, 1.807) is 36.7 Å². The number of anilines is 2. The maximum atomic E-state index is 13.7. The molecule has 2 heterocycles. The minimum Gasteiger partial charge on any atom is -0.347 e. The predicted molar refractivity (Wildman–Crippen MR) is 87.1 cm³/mol. The van der Waals surface area contributed by atoms with Crippen LogP contribution in [0.1, 0.15) is 16.1 Å². The number of hydrogen-bond donors (Lipinski definition) is 2. The Morgan fingerprint density at radius 1 is 1.12 bits per heavy atom. The lowest BCUT2D eigenvalue weighted by Gasteiger charge is -2.08. The molecule has 0 aliphatic heterocycles. The summed E-state index contributed by atoms with van der Waals surface area (Å²) in [7, 11) is 0. The first kappa shape index (κ1) is 15.5. The lowest BCUT2D eigenvalue weighted by atomic mass is 10.2. The first-order valence-corrected chi connectivity index (χ1v) is 7.23. The molecule has 7 heteroatoms. The van der Waals surface area contributed by atoms with Gasteiger partial charge in [-0.05, 0) is 23.8 Å². The number of aromatic nitrogens is 3. The van der Waals surface area contributed by atoms with Gasteiger partial charge in [0, 0.05) is 25.0 Å². The van der Waals surface area contributed by atoms with E-state index in [0.29, 0.717) is 12.4 Å². The van der Waals surface area contributed by atoms with Crippen LogP contribution < -0.4 is 10.6 Å². The van der Waals surface area contributed by atoms with Crippen molar-refractivity contribution in [1.29, 1.82) is 0 Å². The second-order valence-electron chi connectivity index (χ2n) is 4.94. The molecule has 120 valence electrons. The van der Waals surface area contributed by atoms with E-state index in [4.69, 9.17) is 0 Å². The molecule has 1 amide bonds. The summed E-state index contributed by atoms with van der Waals surface area (Å²) in [4.78, 5) is 24.1. The predicted octanol–water partition coefficient (Wildman–Crippen LogP) is 2.68. The van der Waals surface area contributed by atoms with E-state index in [-0.39, 0.29) is 17.3 Å². The zero-order chi connectivity index (χ0) is 16.8. The second kappa shape index (κ2) is 7.28. The molecule has 0 radical (unpaired) electrons. The molecule has 0 saturated heterocycles. The van der Waals surface area contributed by atoms with E-state index < -0.39 is 5.82 Å². The average molecular weight is 323 g/mol. The van der Waals surface area contributed by atoms with Gasteiger partial charge in [-0.15, -0.1) is 0 Å². The Bertz CT molecular complexity index is 841. The summed E-state index contributed by atoms with van der Waals surface area (Å²) in [6, 6.07) is 11.3. The molecule has 2 N–H and O–H groups in total. The molecule has 0 fully saturated rings. The van der Waals surface area contributed by atoms with Gasteiger partial charge in [0.05, 0.1) is 5.69 Å². The number of nitrogens with zero attached hydrogens (tertiary/aromatic N) is 3. The molecule has 3 aromatic rings. The number of carbonyl (C=O) groups excluding carboxylic acids is 1. The van der Waals surface area contributed by atoms with Crippen LogP contribution in [0.5, 0.6) is 0 Å². The van der Waals surface area contributed by atoms with Gasteiger partial charge < -0.3 is 10.6 Å². The summed E-state index contributed by atoms with van der Waals surface area (Å²) < 4.78 is 13.7. The number of halogens is 1.